The number of hydrogen-bond acceptors (Lipinski definition) is 4. The van der Waals surface area contributed by atoms with Crippen LogP contribution in [-0.2, 0) is 13.0 Å². The van der Waals surface area contributed by atoms with Crippen molar-refractivity contribution in [1.82, 2.24) is 10.3 Å². The zero-order valence-corrected chi connectivity index (χ0v) is 13.4. The molecule has 2 rings (SSSR count). The number of hydrogen-bond donors (Lipinski definition) is 2. The van der Waals surface area contributed by atoms with Gasteiger partial charge in [-0.25, -0.2) is 4.98 Å². The maximum atomic E-state index is 9.29. The Morgan fingerprint density at radius 3 is 2.90 bits per heavy atom. The maximum absolute atomic E-state index is 9.29. The molecule has 114 valence electrons. The van der Waals surface area contributed by atoms with Crippen LogP contribution in [0.25, 0.3) is 0 Å². The zero-order chi connectivity index (χ0) is 14.2. The third-order valence-electron chi connectivity index (χ3n) is 4.27. The third-order valence-corrected chi connectivity index (χ3v) is 5.22. The fourth-order valence-electron chi connectivity index (χ4n) is 3.17. The molecule has 20 heavy (non-hydrogen) atoms. The van der Waals surface area contributed by atoms with Crippen LogP contribution in [-0.4, -0.2) is 22.7 Å². The van der Waals surface area contributed by atoms with Gasteiger partial charge >= 0.3 is 0 Å². The third kappa shape index (κ3) is 4.83. The highest BCUT2D eigenvalue weighted by atomic mass is 32.1. The molecule has 1 aromatic heterocycles. The lowest BCUT2D eigenvalue weighted by molar-refractivity contribution is 0.205. The van der Waals surface area contributed by atoms with Crippen LogP contribution in [0.1, 0.15) is 62.6 Å². The van der Waals surface area contributed by atoms with Gasteiger partial charge in [-0.3, -0.25) is 0 Å². The second-order valence-electron chi connectivity index (χ2n) is 5.88. The van der Waals surface area contributed by atoms with E-state index < -0.39 is 0 Å². The molecular formula is C16H28N2OS. The number of aliphatic hydroxyl groups excluding tert-OH is 1. The Hall–Kier alpha value is -0.450. The molecule has 1 aliphatic carbocycles. The second-order valence-corrected chi connectivity index (χ2v) is 6.82. The minimum atomic E-state index is 0.284. The van der Waals surface area contributed by atoms with Crippen molar-refractivity contribution < 1.29 is 5.11 Å². The molecular weight excluding hydrogens is 268 g/mol. The predicted octanol–water partition coefficient (Wildman–Crippen LogP) is 3.52. The predicted molar refractivity (Wildman–Crippen MR) is 85.0 cm³/mol. The summed E-state index contributed by atoms with van der Waals surface area (Å²) in [7, 11) is 0. The summed E-state index contributed by atoms with van der Waals surface area (Å²) in [6.45, 7) is 3.33. The fourth-order valence-corrected chi connectivity index (χ4v) is 4.07. The van der Waals surface area contributed by atoms with Gasteiger partial charge in [-0.15, -0.1) is 11.3 Å². The summed E-state index contributed by atoms with van der Waals surface area (Å²) < 4.78 is 0. The van der Waals surface area contributed by atoms with Gasteiger partial charge in [0.2, 0.25) is 0 Å². The van der Waals surface area contributed by atoms with E-state index in [1.165, 1.54) is 37.1 Å². The molecule has 1 heterocycles. The molecule has 1 aliphatic rings. The lowest BCUT2D eigenvalue weighted by Gasteiger charge is -2.30. The van der Waals surface area contributed by atoms with Crippen molar-refractivity contribution in [2.45, 2.75) is 70.9 Å². The normalized spacial score (nSPS) is 18.3. The molecule has 0 bridgehead atoms. The number of nitrogens with zero attached hydrogens (tertiary/aromatic N) is 1. The molecule has 0 aromatic carbocycles. The maximum Gasteiger partial charge on any atom is 0.0928 e. The molecule has 1 fully saturated rings. The van der Waals surface area contributed by atoms with E-state index in [2.05, 4.69) is 22.6 Å². The second kappa shape index (κ2) is 8.75. The number of nitrogens with one attached hydrogen (secondary N) is 1. The first-order valence-electron chi connectivity index (χ1n) is 8.11. The van der Waals surface area contributed by atoms with Crippen LogP contribution in [0.4, 0.5) is 0 Å². The van der Waals surface area contributed by atoms with E-state index in [4.69, 9.17) is 0 Å². The van der Waals surface area contributed by atoms with E-state index in [0.717, 1.165) is 37.4 Å². The standard InChI is InChI=1S/C16H28N2OS/c1-2-6-16-18-14(12-20-16)11-17-15(9-10-19)13-7-4-3-5-8-13/h12-13,15,17,19H,2-11H2,1H3. The quantitative estimate of drug-likeness (QED) is 0.771. The molecule has 1 aromatic rings. The Bertz CT molecular complexity index is 374. The van der Waals surface area contributed by atoms with E-state index in [0.29, 0.717) is 6.04 Å². The first-order valence-corrected chi connectivity index (χ1v) is 8.99. The van der Waals surface area contributed by atoms with Gasteiger partial charge in [0.05, 0.1) is 10.7 Å². The van der Waals surface area contributed by atoms with Gasteiger partial charge < -0.3 is 10.4 Å². The largest absolute Gasteiger partial charge is 0.396 e. The summed E-state index contributed by atoms with van der Waals surface area (Å²) in [6, 6.07) is 0.455. The first kappa shape index (κ1) is 15.9. The van der Waals surface area contributed by atoms with Crippen LogP contribution in [0.3, 0.4) is 0 Å². The minimum absolute atomic E-state index is 0.284. The summed E-state index contributed by atoms with van der Waals surface area (Å²) >= 11 is 1.77. The average Bonchev–Trinajstić information content (AvgIpc) is 2.92. The molecule has 0 spiro atoms. The van der Waals surface area contributed by atoms with Gasteiger partial charge in [0, 0.05) is 24.6 Å². The Morgan fingerprint density at radius 2 is 2.20 bits per heavy atom. The fraction of sp³-hybridized carbons (Fsp3) is 0.812. The smallest absolute Gasteiger partial charge is 0.0928 e. The monoisotopic (exact) mass is 296 g/mol. The molecule has 1 atom stereocenters. The first-order chi connectivity index (χ1) is 9.83. The molecule has 0 aliphatic heterocycles. The Labute approximate surface area is 126 Å². The lowest BCUT2D eigenvalue weighted by atomic mass is 9.83. The van der Waals surface area contributed by atoms with Gasteiger partial charge in [0.25, 0.3) is 0 Å². The van der Waals surface area contributed by atoms with E-state index in [-0.39, 0.29) is 6.61 Å². The van der Waals surface area contributed by atoms with Gasteiger partial charge in [0.15, 0.2) is 0 Å². The van der Waals surface area contributed by atoms with Crippen molar-refractivity contribution in [1.29, 1.82) is 0 Å². The van der Waals surface area contributed by atoms with E-state index >= 15 is 0 Å². The Kier molecular flexibility index (Phi) is 6.97. The molecule has 3 nitrogen and oxygen atoms in total. The molecule has 2 N–H and O–H groups in total. The van der Waals surface area contributed by atoms with Crippen molar-refractivity contribution in [3.8, 4) is 0 Å². The van der Waals surface area contributed by atoms with Crippen LogP contribution >= 0.6 is 11.3 Å². The summed E-state index contributed by atoms with van der Waals surface area (Å²) in [5, 5.41) is 16.4. The highest BCUT2D eigenvalue weighted by Gasteiger charge is 2.22. The van der Waals surface area contributed by atoms with Crippen LogP contribution in [0.5, 0.6) is 0 Å². The zero-order valence-electron chi connectivity index (χ0n) is 12.6. The van der Waals surface area contributed by atoms with E-state index in [1.54, 1.807) is 11.3 Å². The Morgan fingerprint density at radius 1 is 1.40 bits per heavy atom. The minimum Gasteiger partial charge on any atom is -0.396 e. The van der Waals surface area contributed by atoms with E-state index in [1.807, 2.05) is 0 Å². The van der Waals surface area contributed by atoms with Crippen molar-refractivity contribution >= 4 is 11.3 Å². The van der Waals surface area contributed by atoms with Crippen molar-refractivity contribution in [2.24, 2.45) is 5.92 Å². The number of aliphatic hydroxyl groups is 1. The molecule has 1 saturated carbocycles. The highest BCUT2D eigenvalue weighted by Crippen LogP contribution is 2.28. The number of aryl methyl sites for hydroxylation is 1. The van der Waals surface area contributed by atoms with E-state index in [9.17, 15) is 5.11 Å². The van der Waals surface area contributed by atoms with Crippen LogP contribution in [0.2, 0.25) is 0 Å². The van der Waals surface area contributed by atoms with Crippen molar-refractivity contribution in [2.75, 3.05) is 6.61 Å². The molecule has 0 saturated heterocycles. The Balaban J connectivity index is 1.83. The number of aromatic nitrogens is 1. The highest BCUT2D eigenvalue weighted by molar-refractivity contribution is 7.09. The summed E-state index contributed by atoms with van der Waals surface area (Å²) in [6.07, 6.45) is 9.84. The topological polar surface area (TPSA) is 45.2 Å². The van der Waals surface area contributed by atoms with Gasteiger partial charge in [-0.2, -0.15) is 0 Å². The average molecular weight is 296 g/mol. The molecule has 0 amide bonds. The molecule has 4 heteroatoms. The van der Waals surface area contributed by atoms with Crippen LogP contribution < -0.4 is 5.32 Å². The summed E-state index contributed by atoms with van der Waals surface area (Å²) in [5.74, 6) is 0.740. The van der Waals surface area contributed by atoms with Crippen molar-refractivity contribution in [3.05, 3.63) is 16.1 Å². The molecule has 0 radical (unpaired) electrons. The summed E-state index contributed by atoms with van der Waals surface area (Å²) in [5.41, 5.74) is 1.16. The van der Waals surface area contributed by atoms with Gasteiger partial charge in [-0.1, -0.05) is 26.2 Å². The molecule has 1 unspecified atom stereocenters. The SMILES string of the molecule is CCCc1nc(CNC(CCO)C2CCCCC2)cs1. The van der Waals surface area contributed by atoms with Gasteiger partial charge in [-0.05, 0) is 38.0 Å². The van der Waals surface area contributed by atoms with Crippen LogP contribution in [0.15, 0.2) is 5.38 Å². The number of rotatable bonds is 8. The summed E-state index contributed by atoms with van der Waals surface area (Å²) in [4.78, 5) is 4.67. The number of thiazole rings is 1. The lowest BCUT2D eigenvalue weighted by Crippen LogP contribution is -2.37. The van der Waals surface area contributed by atoms with Gasteiger partial charge in [0.1, 0.15) is 0 Å². The van der Waals surface area contributed by atoms with Crippen molar-refractivity contribution in [3.63, 3.8) is 0 Å². The van der Waals surface area contributed by atoms with Crippen LogP contribution in [0, 0.1) is 5.92 Å².